The third-order valence-electron chi connectivity index (χ3n) is 3.20. The molecule has 0 saturated carbocycles. The van der Waals surface area contributed by atoms with Crippen molar-refractivity contribution in [2.75, 3.05) is 26.7 Å². The van der Waals surface area contributed by atoms with Gasteiger partial charge in [-0.3, -0.25) is 0 Å². The van der Waals surface area contributed by atoms with Crippen LogP contribution in [-0.4, -0.2) is 26.7 Å². The first-order chi connectivity index (χ1) is 7.78. The number of benzene rings is 1. The van der Waals surface area contributed by atoms with Crippen molar-refractivity contribution < 1.29 is 15.4 Å². The van der Waals surface area contributed by atoms with Gasteiger partial charge >= 0.3 is 0 Å². The van der Waals surface area contributed by atoms with Crippen molar-refractivity contribution in [2.24, 2.45) is 0 Å². The van der Waals surface area contributed by atoms with E-state index in [2.05, 4.69) is 31.7 Å². The molecule has 0 spiro atoms. The van der Waals surface area contributed by atoms with E-state index in [0.29, 0.717) is 6.04 Å². The van der Waals surface area contributed by atoms with E-state index >= 15 is 0 Å². The number of para-hydroxylation sites is 1. The molecule has 0 aliphatic carbocycles. The molecule has 1 atom stereocenters. The normalized spacial score (nSPS) is 12.8. The van der Waals surface area contributed by atoms with Crippen LogP contribution < -0.4 is 15.4 Å². The van der Waals surface area contributed by atoms with E-state index in [0.717, 1.165) is 25.4 Å². The van der Waals surface area contributed by atoms with Crippen LogP contribution in [0.4, 0.5) is 0 Å². The van der Waals surface area contributed by atoms with E-state index in [-0.39, 0.29) is 0 Å². The lowest BCUT2D eigenvalue weighted by atomic mass is 10.0. The van der Waals surface area contributed by atoms with Crippen molar-refractivity contribution >= 4 is 0 Å². The van der Waals surface area contributed by atoms with Gasteiger partial charge in [0.1, 0.15) is 12.3 Å². The Balaban J connectivity index is 3.02. The lowest BCUT2D eigenvalue weighted by Gasteiger charge is -2.25. The minimum absolute atomic E-state index is 0.436. The standard InChI is InChI=1S/C13H22N2O/c1-4-15(5-2)12(10-14)11-8-6-7-9-13(11)16-3/h6-9,12H,4-5,10,14H2,1-3H3/p+2/t12-/m1/s1. The summed E-state index contributed by atoms with van der Waals surface area (Å²) in [6.07, 6.45) is 0. The van der Waals surface area contributed by atoms with Gasteiger partial charge in [0.2, 0.25) is 0 Å². The minimum atomic E-state index is 0.436. The van der Waals surface area contributed by atoms with Gasteiger partial charge in [-0.2, -0.15) is 0 Å². The molecule has 90 valence electrons. The molecule has 0 fully saturated rings. The number of nitrogens with one attached hydrogen (secondary N) is 1. The van der Waals surface area contributed by atoms with Crippen LogP contribution in [0, 0.1) is 0 Å². The fraction of sp³-hybridized carbons (Fsp3) is 0.538. The zero-order chi connectivity index (χ0) is 12.0. The van der Waals surface area contributed by atoms with Crippen molar-refractivity contribution in [1.82, 2.24) is 0 Å². The molecular formula is C13H24N2O+2. The monoisotopic (exact) mass is 224 g/mol. The Hall–Kier alpha value is -1.06. The van der Waals surface area contributed by atoms with Gasteiger partial charge in [0.15, 0.2) is 6.04 Å². The predicted molar refractivity (Wildman–Crippen MR) is 65.5 cm³/mol. The summed E-state index contributed by atoms with van der Waals surface area (Å²) in [7, 11) is 1.73. The van der Waals surface area contributed by atoms with E-state index in [9.17, 15) is 0 Å². The van der Waals surface area contributed by atoms with E-state index in [1.54, 1.807) is 12.0 Å². The number of ether oxygens (including phenoxy) is 1. The van der Waals surface area contributed by atoms with Crippen LogP contribution in [0.25, 0.3) is 0 Å². The van der Waals surface area contributed by atoms with Crippen LogP contribution in [0.5, 0.6) is 5.75 Å². The largest absolute Gasteiger partial charge is 0.496 e. The number of methoxy groups -OCH3 is 1. The highest BCUT2D eigenvalue weighted by Crippen LogP contribution is 2.21. The molecule has 16 heavy (non-hydrogen) atoms. The van der Waals surface area contributed by atoms with Crippen molar-refractivity contribution in [2.45, 2.75) is 19.9 Å². The number of hydrogen-bond donors (Lipinski definition) is 2. The lowest BCUT2D eigenvalue weighted by molar-refractivity contribution is -0.934. The second-order valence-electron chi connectivity index (χ2n) is 3.95. The molecular weight excluding hydrogens is 200 g/mol. The number of quaternary nitrogens is 2. The second-order valence-corrected chi connectivity index (χ2v) is 3.95. The molecule has 1 aromatic carbocycles. The summed E-state index contributed by atoms with van der Waals surface area (Å²) in [5.41, 5.74) is 5.35. The summed E-state index contributed by atoms with van der Waals surface area (Å²) in [5.74, 6) is 0.982. The van der Waals surface area contributed by atoms with E-state index in [1.165, 1.54) is 5.56 Å². The predicted octanol–water partition coefficient (Wildman–Crippen LogP) is -0.0971. The maximum Gasteiger partial charge on any atom is 0.166 e. The number of rotatable bonds is 6. The summed E-state index contributed by atoms with van der Waals surface area (Å²) < 4.78 is 5.43. The fourth-order valence-corrected chi connectivity index (χ4v) is 2.28. The SMILES string of the molecule is CC[NH+](CC)[C@H](C[NH3+])c1ccccc1OC. The van der Waals surface area contributed by atoms with Gasteiger partial charge < -0.3 is 15.4 Å². The van der Waals surface area contributed by atoms with Crippen LogP contribution in [-0.2, 0) is 0 Å². The van der Waals surface area contributed by atoms with E-state index < -0.39 is 0 Å². The summed E-state index contributed by atoms with van der Waals surface area (Å²) in [5, 5.41) is 0. The molecule has 0 aliphatic heterocycles. The molecule has 0 saturated heterocycles. The molecule has 0 aliphatic rings. The minimum Gasteiger partial charge on any atom is -0.496 e. The Morgan fingerprint density at radius 2 is 1.88 bits per heavy atom. The third kappa shape index (κ3) is 2.74. The van der Waals surface area contributed by atoms with Crippen LogP contribution in [0.1, 0.15) is 25.5 Å². The Labute approximate surface area is 98.2 Å². The summed E-state index contributed by atoms with van der Waals surface area (Å²) >= 11 is 0. The van der Waals surface area contributed by atoms with Crippen LogP contribution >= 0.6 is 0 Å². The first kappa shape index (κ1) is 13.0. The number of hydrogen-bond acceptors (Lipinski definition) is 1. The van der Waals surface area contributed by atoms with Gasteiger partial charge in [-0.1, -0.05) is 12.1 Å². The molecule has 3 nitrogen and oxygen atoms in total. The molecule has 1 rings (SSSR count). The average Bonchev–Trinajstić information content (AvgIpc) is 2.35. The van der Waals surface area contributed by atoms with E-state index in [1.807, 2.05) is 12.1 Å². The van der Waals surface area contributed by atoms with Gasteiger partial charge in [0.05, 0.1) is 25.8 Å². The van der Waals surface area contributed by atoms with Crippen molar-refractivity contribution in [3.63, 3.8) is 0 Å². The van der Waals surface area contributed by atoms with Crippen LogP contribution in [0.2, 0.25) is 0 Å². The topological polar surface area (TPSA) is 41.3 Å². The lowest BCUT2D eigenvalue weighted by Crippen LogP contribution is -3.13. The molecule has 0 aromatic heterocycles. The molecule has 0 heterocycles. The second kappa shape index (κ2) is 6.51. The summed E-state index contributed by atoms with van der Waals surface area (Å²) in [6.45, 7) is 7.58. The summed E-state index contributed by atoms with van der Waals surface area (Å²) in [6, 6.07) is 8.70. The fourth-order valence-electron chi connectivity index (χ4n) is 2.28. The Morgan fingerprint density at radius 1 is 1.25 bits per heavy atom. The van der Waals surface area contributed by atoms with Crippen molar-refractivity contribution in [3.05, 3.63) is 29.8 Å². The van der Waals surface area contributed by atoms with Gasteiger partial charge in [-0.25, -0.2) is 0 Å². The quantitative estimate of drug-likeness (QED) is 0.696. The molecule has 0 bridgehead atoms. The average molecular weight is 224 g/mol. The molecule has 0 radical (unpaired) electrons. The highest BCUT2D eigenvalue weighted by molar-refractivity contribution is 5.34. The van der Waals surface area contributed by atoms with Gasteiger partial charge in [-0.05, 0) is 26.0 Å². The zero-order valence-electron chi connectivity index (χ0n) is 10.6. The van der Waals surface area contributed by atoms with Crippen LogP contribution in [0.15, 0.2) is 24.3 Å². The maximum atomic E-state index is 5.43. The van der Waals surface area contributed by atoms with Gasteiger partial charge in [0.25, 0.3) is 0 Å². The Morgan fingerprint density at radius 3 is 2.38 bits per heavy atom. The van der Waals surface area contributed by atoms with Crippen LogP contribution in [0.3, 0.4) is 0 Å². The smallest absolute Gasteiger partial charge is 0.166 e. The van der Waals surface area contributed by atoms with Crippen molar-refractivity contribution in [1.29, 1.82) is 0 Å². The van der Waals surface area contributed by atoms with Crippen molar-refractivity contribution in [3.8, 4) is 5.75 Å². The highest BCUT2D eigenvalue weighted by Gasteiger charge is 2.24. The molecule has 3 heteroatoms. The Bertz CT molecular complexity index is 311. The molecule has 0 unspecified atom stereocenters. The molecule has 4 N–H and O–H groups in total. The molecule has 1 aromatic rings. The number of likely N-dealkylation sites (N-methyl/N-ethyl adjacent to an activating group) is 1. The zero-order valence-corrected chi connectivity index (χ0v) is 10.6. The van der Waals surface area contributed by atoms with Gasteiger partial charge in [-0.15, -0.1) is 0 Å². The highest BCUT2D eigenvalue weighted by atomic mass is 16.5. The molecule has 0 amide bonds. The van der Waals surface area contributed by atoms with Gasteiger partial charge in [0, 0.05) is 0 Å². The van der Waals surface area contributed by atoms with E-state index in [4.69, 9.17) is 4.74 Å². The first-order valence-electron chi connectivity index (χ1n) is 6.05. The maximum absolute atomic E-state index is 5.43. The Kier molecular flexibility index (Phi) is 5.29. The summed E-state index contributed by atoms with van der Waals surface area (Å²) in [4.78, 5) is 1.56. The first-order valence-corrected chi connectivity index (χ1v) is 6.05. The third-order valence-corrected chi connectivity index (χ3v) is 3.20.